The summed E-state index contributed by atoms with van der Waals surface area (Å²) in [5.74, 6) is 0. The molecule has 0 aliphatic rings. The summed E-state index contributed by atoms with van der Waals surface area (Å²) in [6, 6.07) is 27.7. The third-order valence-corrected chi connectivity index (χ3v) is 4.83. The van der Waals surface area contributed by atoms with Crippen molar-refractivity contribution < 1.29 is 0 Å². The Bertz CT molecular complexity index is 1110. The first-order valence-corrected chi connectivity index (χ1v) is 10.4. The van der Waals surface area contributed by atoms with Crippen LogP contribution in [0, 0.1) is 13.8 Å². The maximum Gasteiger partial charge on any atom is -0.0103 e. The Morgan fingerprint density at radius 2 is 1.24 bits per heavy atom. The summed E-state index contributed by atoms with van der Waals surface area (Å²) in [4.78, 5) is 0. The minimum absolute atomic E-state index is 1.08. The van der Waals surface area contributed by atoms with Crippen molar-refractivity contribution in [3.05, 3.63) is 114 Å². The van der Waals surface area contributed by atoms with Crippen molar-refractivity contribution in [2.45, 2.75) is 34.6 Å². The zero-order valence-corrected chi connectivity index (χ0v) is 18.4. The SMILES string of the molecule is C=C(/C=C\C)c1ccccc1C.CC.Cc1cc2ccccc2c2ccccc12. The smallest absolute Gasteiger partial charge is 0.0103 e. The van der Waals surface area contributed by atoms with E-state index in [1.165, 1.54) is 38.2 Å². The van der Waals surface area contributed by atoms with Crippen molar-refractivity contribution in [1.29, 1.82) is 0 Å². The van der Waals surface area contributed by atoms with E-state index in [4.69, 9.17) is 0 Å². The molecule has 0 nitrogen and oxygen atoms in total. The van der Waals surface area contributed by atoms with Gasteiger partial charge in [0.25, 0.3) is 0 Å². The second-order valence-electron chi connectivity index (χ2n) is 6.80. The second-order valence-corrected chi connectivity index (χ2v) is 6.80. The van der Waals surface area contributed by atoms with Crippen LogP contribution in [0.3, 0.4) is 0 Å². The highest BCUT2D eigenvalue weighted by atomic mass is 14.1. The fourth-order valence-corrected chi connectivity index (χ4v) is 3.47. The van der Waals surface area contributed by atoms with Gasteiger partial charge in [-0.25, -0.2) is 0 Å². The van der Waals surface area contributed by atoms with E-state index in [2.05, 4.69) is 87.2 Å². The van der Waals surface area contributed by atoms with Gasteiger partial charge in [0.15, 0.2) is 0 Å². The topological polar surface area (TPSA) is 0 Å². The van der Waals surface area contributed by atoms with E-state index in [1.54, 1.807) is 0 Å². The van der Waals surface area contributed by atoms with E-state index >= 15 is 0 Å². The minimum atomic E-state index is 1.08. The highest BCUT2D eigenvalue weighted by molar-refractivity contribution is 6.08. The zero-order valence-electron chi connectivity index (χ0n) is 18.4. The van der Waals surface area contributed by atoms with Crippen LogP contribution in [0.2, 0.25) is 0 Å². The maximum atomic E-state index is 3.99. The van der Waals surface area contributed by atoms with Gasteiger partial charge in [-0.2, -0.15) is 0 Å². The zero-order chi connectivity index (χ0) is 21.2. The molecule has 0 N–H and O–H groups in total. The Morgan fingerprint density at radius 3 is 1.90 bits per heavy atom. The average Bonchev–Trinajstić information content (AvgIpc) is 2.76. The van der Waals surface area contributed by atoms with E-state index in [0.29, 0.717) is 0 Å². The number of rotatable bonds is 2. The molecular formula is C29H32. The summed E-state index contributed by atoms with van der Waals surface area (Å²) in [5.41, 5.74) is 4.94. The molecule has 0 radical (unpaired) electrons. The molecule has 0 aromatic heterocycles. The van der Waals surface area contributed by atoms with Crippen molar-refractivity contribution in [1.82, 2.24) is 0 Å². The summed E-state index contributed by atoms with van der Waals surface area (Å²) in [7, 11) is 0. The summed E-state index contributed by atoms with van der Waals surface area (Å²) >= 11 is 0. The Balaban J connectivity index is 0.000000196. The van der Waals surface area contributed by atoms with Crippen LogP contribution in [-0.4, -0.2) is 0 Å². The third kappa shape index (κ3) is 5.45. The maximum absolute atomic E-state index is 3.99. The molecule has 0 unspecified atom stereocenters. The van der Waals surface area contributed by atoms with Crippen molar-refractivity contribution >= 4 is 27.1 Å². The number of benzene rings is 4. The second kappa shape index (κ2) is 11.0. The van der Waals surface area contributed by atoms with Gasteiger partial charge in [0.1, 0.15) is 0 Å². The van der Waals surface area contributed by atoms with E-state index in [0.717, 1.165) is 5.57 Å². The van der Waals surface area contributed by atoms with Crippen molar-refractivity contribution in [3.63, 3.8) is 0 Å². The van der Waals surface area contributed by atoms with Crippen LogP contribution in [0.1, 0.15) is 37.5 Å². The lowest BCUT2D eigenvalue weighted by molar-refractivity contribution is 1.43. The molecule has 0 atom stereocenters. The first-order valence-electron chi connectivity index (χ1n) is 10.4. The number of hydrogen-bond acceptors (Lipinski definition) is 0. The lowest BCUT2D eigenvalue weighted by atomic mass is 9.98. The van der Waals surface area contributed by atoms with Crippen LogP contribution in [-0.2, 0) is 0 Å². The van der Waals surface area contributed by atoms with E-state index in [1.807, 2.05) is 45.1 Å². The van der Waals surface area contributed by atoms with Crippen molar-refractivity contribution in [2.24, 2.45) is 0 Å². The normalized spacial score (nSPS) is 10.2. The fraction of sp³-hybridized carbons (Fsp3) is 0.172. The third-order valence-electron chi connectivity index (χ3n) is 4.83. The molecule has 148 valence electrons. The molecule has 4 aromatic carbocycles. The van der Waals surface area contributed by atoms with Crippen molar-refractivity contribution in [3.8, 4) is 0 Å². The first kappa shape index (κ1) is 22.2. The molecule has 0 amide bonds. The molecule has 0 spiro atoms. The molecule has 0 saturated carbocycles. The van der Waals surface area contributed by atoms with E-state index < -0.39 is 0 Å². The molecule has 0 saturated heterocycles. The van der Waals surface area contributed by atoms with Gasteiger partial charge in [0.05, 0.1) is 0 Å². The molecule has 0 fully saturated rings. The van der Waals surface area contributed by atoms with Gasteiger partial charge >= 0.3 is 0 Å². The lowest BCUT2D eigenvalue weighted by Gasteiger charge is -2.06. The van der Waals surface area contributed by atoms with E-state index in [-0.39, 0.29) is 0 Å². The van der Waals surface area contributed by atoms with Gasteiger partial charge in [0.2, 0.25) is 0 Å². The first-order chi connectivity index (χ1) is 14.1. The van der Waals surface area contributed by atoms with Gasteiger partial charge < -0.3 is 0 Å². The Labute approximate surface area is 176 Å². The van der Waals surface area contributed by atoms with E-state index in [9.17, 15) is 0 Å². The molecule has 0 aliphatic heterocycles. The summed E-state index contributed by atoms with van der Waals surface area (Å²) in [5, 5.41) is 5.39. The highest BCUT2D eigenvalue weighted by Crippen LogP contribution is 2.27. The molecule has 4 rings (SSSR count). The van der Waals surface area contributed by atoms with Gasteiger partial charge in [0, 0.05) is 0 Å². The molecule has 29 heavy (non-hydrogen) atoms. The molecule has 0 aliphatic carbocycles. The van der Waals surface area contributed by atoms with Crippen LogP contribution in [0.25, 0.3) is 27.1 Å². The number of hydrogen-bond donors (Lipinski definition) is 0. The fourth-order valence-electron chi connectivity index (χ4n) is 3.47. The average molecular weight is 381 g/mol. The van der Waals surface area contributed by atoms with Gasteiger partial charge in [-0.05, 0) is 64.6 Å². The summed E-state index contributed by atoms with van der Waals surface area (Å²) < 4.78 is 0. The predicted molar refractivity (Wildman–Crippen MR) is 133 cm³/mol. The van der Waals surface area contributed by atoms with Crippen LogP contribution >= 0.6 is 0 Å². The largest absolute Gasteiger partial charge is 0.0912 e. The summed E-state index contributed by atoms with van der Waals surface area (Å²) in [6.07, 6.45) is 4.04. The van der Waals surface area contributed by atoms with Crippen LogP contribution in [0.15, 0.2) is 97.6 Å². The van der Waals surface area contributed by atoms with Crippen LogP contribution < -0.4 is 0 Å². The Morgan fingerprint density at radius 1 is 0.690 bits per heavy atom. The Hall–Kier alpha value is -3.12. The molecule has 4 aromatic rings. The summed E-state index contributed by atoms with van der Waals surface area (Å²) in [6.45, 7) is 14.3. The molecular weight excluding hydrogens is 348 g/mol. The molecule has 0 heteroatoms. The van der Waals surface area contributed by atoms with Crippen LogP contribution in [0.4, 0.5) is 0 Å². The number of allylic oxidation sites excluding steroid dienone is 3. The number of aryl methyl sites for hydroxylation is 2. The van der Waals surface area contributed by atoms with Crippen LogP contribution in [0.5, 0.6) is 0 Å². The minimum Gasteiger partial charge on any atom is -0.0912 e. The monoisotopic (exact) mass is 380 g/mol. The standard InChI is InChI=1S/C15H12.C12H14.C2H6/c1-11-10-12-6-2-3-8-14(12)15-9-5-4-7-13(11)15;1-4-7-10(2)12-9-6-5-8-11(12)3;1-2/h2-10H,1H3;4-9H,2H2,1,3H3;1-2H3/b;7-4-;. The predicted octanol–water partition coefficient (Wildman–Crippen LogP) is 8.91. The van der Waals surface area contributed by atoms with Gasteiger partial charge in [-0.1, -0.05) is 111 Å². The molecule has 0 bridgehead atoms. The highest BCUT2D eigenvalue weighted by Gasteiger charge is 2.01. The number of fused-ring (bicyclic) bond motifs is 3. The van der Waals surface area contributed by atoms with Gasteiger partial charge in [-0.3, -0.25) is 0 Å². The quantitative estimate of drug-likeness (QED) is 0.240. The Kier molecular flexibility index (Phi) is 8.43. The lowest BCUT2D eigenvalue weighted by Crippen LogP contribution is -1.83. The van der Waals surface area contributed by atoms with Gasteiger partial charge in [-0.15, -0.1) is 0 Å². The molecule has 0 heterocycles. The van der Waals surface area contributed by atoms with Crippen molar-refractivity contribution in [2.75, 3.05) is 0 Å².